The van der Waals surface area contributed by atoms with Crippen molar-refractivity contribution in [1.29, 1.82) is 0 Å². The highest BCUT2D eigenvalue weighted by Crippen LogP contribution is 2.19. The third-order valence-electron chi connectivity index (χ3n) is 2.30. The van der Waals surface area contributed by atoms with Gasteiger partial charge in [-0.05, 0) is 36.2 Å². The summed E-state index contributed by atoms with van der Waals surface area (Å²) in [5, 5.41) is 10.3. The molecule has 0 unspecified atom stereocenters. The van der Waals surface area contributed by atoms with Crippen LogP contribution in [0.25, 0.3) is 0 Å². The summed E-state index contributed by atoms with van der Waals surface area (Å²) in [6.45, 7) is 2.08. The molecule has 0 aliphatic carbocycles. The first-order valence-corrected chi connectivity index (χ1v) is 4.71. The molecular weight excluding hydrogens is 178 g/mol. The van der Waals surface area contributed by atoms with E-state index in [1.54, 1.807) is 7.11 Å². The summed E-state index contributed by atoms with van der Waals surface area (Å²) >= 11 is 0. The molecule has 1 aromatic carbocycles. The van der Waals surface area contributed by atoms with Crippen LogP contribution in [0.4, 0.5) is 0 Å². The normalized spacial score (nSPS) is 13.6. The molecule has 0 saturated carbocycles. The van der Waals surface area contributed by atoms with E-state index in [9.17, 15) is 0 Å². The Bertz CT molecular complexity index is 287. The summed E-state index contributed by atoms with van der Waals surface area (Å²) in [4.78, 5) is 0. The number of aliphatic hydroxyl groups is 1. The van der Waals surface area contributed by atoms with Crippen LogP contribution in [0.15, 0.2) is 18.2 Å². The molecule has 1 aromatic rings. The molecular formula is C11H17NO2. The smallest absolute Gasteiger partial charge is 0.119 e. The van der Waals surface area contributed by atoms with Gasteiger partial charge in [-0.1, -0.05) is 6.07 Å². The maximum absolute atomic E-state index is 7.00. The fourth-order valence-electron chi connectivity index (χ4n) is 1.58. The number of benzene rings is 1. The van der Waals surface area contributed by atoms with Crippen LogP contribution >= 0.6 is 0 Å². The first kappa shape index (κ1) is 11.0. The summed E-state index contributed by atoms with van der Waals surface area (Å²) in [5.41, 5.74) is 2.83. The van der Waals surface area contributed by atoms with Gasteiger partial charge < -0.3 is 15.2 Å². The molecule has 14 heavy (non-hydrogen) atoms. The van der Waals surface area contributed by atoms with Crippen molar-refractivity contribution in [1.82, 2.24) is 5.32 Å². The van der Waals surface area contributed by atoms with Gasteiger partial charge in [0.25, 0.3) is 0 Å². The lowest BCUT2D eigenvalue weighted by Crippen LogP contribution is -2.23. The van der Waals surface area contributed by atoms with E-state index in [1.807, 2.05) is 6.07 Å². The number of hydrogen-bond donors (Lipinski definition) is 2. The molecule has 0 radical (unpaired) electrons. The van der Waals surface area contributed by atoms with Crippen molar-refractivity contribution in [3.63, 3.8) is 0 Å². The maximum Gasteiger partial charge on any atom is 0.119 e. The highest BCUT2D eigenvalue weighted by atomic mass is 16.5. The number of fused-ring (bicyclic) bond motifs is 1. The van der Waals surface area contributed by atoms with Crippen LogP contribution in [0, 0.1) is 0 Å². The first-order chi connectivity index (χ1) is 6.90. The molecule has 0 amide bonds. The Kier molecular flexibility index (Phi) is 4.43. The number of methoxy groups -OCH3 is 1. The van der Waals surface area contributed by atoms with Crippen LogP contribution in [-0.2, 0) is 13.0 Å². The number of aliphatic hydroxyl groups excluding tert-OH is 1. The van der Waals surface area contributed by atoms with Gasteiger partial charge in [0.05, 0.1) is 7.11 Å². The average Bonchev–Trinajstić information content (AvgIpc) is 2.31. The van der Waals surface area contributed by atoms with E-state index in [-0.39, 0.29) is 0 Å². The SMILES string of the molecule is CO.COc1ccc2c(c1)CCNC2. The number of rotatable bonds is 1. The van der Waals surface area contributed by atoms with E-state index in [1.165, 1.54) is 11.1 Å². The van der Waals surface area contributed by atoms with E-state index in [4.69, 9.17) is 9.84 Å². The zero-order chi connectivity index (χ0) is 10.4. The van der Waals surface area contributed by atoms with Crippen molar-refractivity contribution in [2.24, 2.45) is 0 Å². The fourth-order valence-corrected chi connectivity index (χ4v) is 1.58. The molecule has 3 nitrogen and oxygen atoms in total. The minimum atomic E-state index is 0.968. The predicted molar refractivity (Wildman–Crippen MR) is 56.5 cm³/mol. The second kappa shape index (κ2) is 5.62. The molecule has 78 valence electrons. The summed E-state index contributed by atoms with van der Waals surface area (Å²) < 4.78 is 5.16. The number of nitrogens with one attached hydrogen (secondary N) is 1. The van der Waals surface area contributed by atoms with Crippen molar-refractivity contribution in [3.05, 3.63) is 29.3 Å². The van der Waals surface area contributed by atoms with Crippen molar-refractivity contribution >= 4 is 0 Å². The minimum absolute atomic E-state index is 0.968. The van der Waals surface area contributed by atoms with Crippen molar-refractivity contribution in [2.45, 2.75) is 13.0 Å². The topological polar surface area (TPSA) is 41.5 Å². The van der Waals surface area contributed by atoms with Gasteiger partial charge in [0.15, 0.2) is 0 Å². The highest BCUT2D eigenvalue weighted by molar-refractivity contribution is 5.36. The third-order valence-corrected chi connectivity index (χ3v) is 2.30. The van der Waals surface area contributed by atoms with Gasteiger partial charge in [-0.3, -0.25) is 0 Å². The van der Waals surface area contributed by atoms with Gasteiger partial charge in [0.1, 0.15) is 5.75 Å². The minimum Gasteiger partial charge on any atom is -0.497 e. The Morgan fingerprint density at radius 1 is 1.29 bits per heavy atom. The maximum atomic E-state index is 7.00. The van der Waals surface area contributed by atoms with Crippen molar-refractivity contribution in [2.75, 3.05) is 20.8 Å². The Morgan fingerprint density at radius 2 is 2.07 bits per heavy atom. The molecule has 2 rings (SSSR count). The standard InChI is InChI=1S/C10H13NO.CH4O/c1-12-10-3-2-9-7-11-5-4-8(9)6-10;1-2/h2-3,6,11H,4-5,7H2,1H3;2H,1H3. The molecule has 1 aliphatic heterocycles. The average molecular weight is 195 g/mol. The Morgan fingerprint density at radius 3 is 2.79 bits per heavy atom. The summed E-state index contributed by atoms with van der Waals surface area (Å²) in [5.74, 6) is 0.968. The van der Waals surface area contributed by atoms with E-state index in [2.05, 4.69) is 17.4 Å². The van der Waals surface area contributed by atoms with Crippen molar-refractivity contribution < 1.29 is 9.84 Å². The molecule has 0 atom stereocenters. The van der Waals surface area contributed by atoms with E-state index >= 15 is 0 Å². The zero-order valence-corrected chi connectivity index (χ0v) is 8.71. The highest BCUT2D eigenvalue weighted by Gasteiger charge is 2.08. The van der Waals surface area contributed by atoms with Gasteiger partial charge in [-0.25, -0.2) is 0 Å². The predicted octanol–water partition coefficient (Wildman–Crippen LogP) is 0.949. The van der Waals surface area contributed by atoms with Crippen LogP contribution < -0.4 is 10.1 Å². The molecule has 0 aromatic heterocycles. The summed E-state index contributed by atoms with van der Waals surface area (Å²) in [6, 6.07) is 6.29. The van der Waals surface area contributed by atoms with E-state index < -0.39 is 0 Å². The molecule has 1 aliphatic rings. The Hall–Kier alpha value is -1.06. The van der Waals surface area contributed by atoms with Crippen LogP contribution in [0.2, 0.25) is 0 Å². The molecule has 1 heterocycles. The van der Waals surface area contributed by atoms with E-state index in [0.717, 1.165) is 32.4 Å². The quantitative estimate of drug-likeness (QED) is 0.701. The second-order valence-electron chi connectivity index (χ2n) is 3.06. The third kappa shape index (κ3) is 2.47. The van der Waals surface area contributed by atoms with E-state index in [0.29, 0.717) is 0 Å². The Balaban J connectivity index is 0.000000461. The summed E-state index contributed by atoms with van der Waals surface area (Å²) in [7, 11) is 2.71. The molecule has 3 heteroatoms. The van der Waals surface area contributed by atoms with Gasteiger partial charge >= 0.3 is 0 Å². The van der Waals surface area contributed by atoms with Crippen LogP contribution in [0.3, 0.4) is 0 Å². The molecule has 0 saturated heterocycles. The lowest BCUT2D eigenvalue weighted by molar-refractivity contribution is 0.399. The zero-order valence-electron chi connectivity index (χ0n) is 8.71. The number of hydrogen-bond acceptors (Lipinski definition) is 3. The lowest BCUT2D eigenvalue weighted by atomic mass is 10.0. The largest absolute Gasteiger partial charge is 0.497 e. The molecule has 2 N–H and O–H groups in total. The molecule has 0 bridgehead atoms. The monoisotopic (exact) mass is 195 g/mol. The van der Waals surface area contributed by atoms with Crippen LogP contribution in [0.5, 0.6) is 5.75 Å². The first-order valence-electron chi connectivity index (χ1n) is 4.71. The van der Waals surface area contributed by atoms with Gasteiger partial charge in [0.2, 0.25) is 0 Å². The lowest BCUT2D eigenvalue weighted by Gasteiger charge is -2.17. The van der Waals surface area contributed by atoms with Crippen molar-refractivity contribution in [3.8, 4) is 5.75 Å². The van der Waals surface area contributed by atoms with Gasteiger partial charge in [-0.2, -0.15) is 0 Å². The summed E-state index contributed by atoms with van der Waals surface area (Å²) in [6.07, 6.45) is 1.12. The van der Waals surface area contributed by atoms with Crippen LogP contribution in [0.1, 0.15) is 11.1 Å². The van der Waals surface area contributed by atoms with Gasteiger partial charge in [0, 0.05) is 13.7 Å². The second-order valence-corrected chi connectivity index (χ2v) is 3.06. The Labute approximate surface area is 84.7 Å². The van der Waals surface area contributed by atoms with Crippen LogP contribution in [-0.4, -0.2) is 25.9 Å². The van der Waals surface area contributed by atoms with Gasteiger partial charge in [-0.15, -0.1) is 0 Å². The molecule has 0 spiro atoms. The number of ether oxygens (including phenoxy) is 1. The molecule has 0 fully saturated rings. The fraction of sp³-hybridized carbons (Fsp3) is 0.455.